The van der Waals surface area contributed by atoms with Gasteiger partial charge in [-0.2, -0.15) is 0 Å². The zero-order valence-corrected chi connectivity index (χ0v) is 13.3. The van der Waals surface area contributed by atoms with Crippen LogP contribution in [0.4, 0.5) is 5.69 Å². The predicted octanol–water partition coefficient (Wildman–Crippen LogP) is 3.54. The lowest BCUT2D eigenvalue weighted by molar-refractivity contribution is -0.385. The van der Waals surface area contributed by atoms with Gasteiger partial charge in [-0.05, 0) is 41.5 Å². The molecule has 0 fully saturated rings. The second-order valence-corrected chi connectivity index (χ2v) is 7.06. The Kier molecular flexibility index (Phi) is 5.02. The summed E-state index contributed by atoms with van der Waals surface area (Å²) < 4.78 is 24.1. The SMILES string of the molecule is O=[N+]([O-])c1ccc(/C=C/S(=O)(=O)Cc2ccc(Cl)cc2)cc1O. The van der Waals surface area contributed by atoms with Gasteiger partial charge < -0.3 is 5.11 Å². The number of benzene rings is 2. The third-order valence-corrected chi connectivity index (χ3v) is 4.48. The number of phenolic OH excluding ortho intramolecular Hbond substituents is 1. The van der Waals surface area contributed by atoms with Gasteiger partial charge in [0, 0.05) is 16.5 Å². The van der Waals surface area contributed by atoms with Crippen LogP contribution in [0.2, 0.25) is 5.02 Å². The van der Waals surface area contributed by atoms with E-state index in [1.54, 1.807) is 24.3 Å². The number of aromatic hydroxyl groups is 1. The van der Waals surface area contributed by atoms with Gasteiger partial charge in [0.1, 0.15) is 0 Å². The normalized spacial score (nSPS) is 11.7. The molecule has 6 nitrogen and oxygen atoms in total. The summed E-state index contributed by atoms with van der Waals surface area (Å²) in [5.41, 5.74) is 0.490. The Morgan fingerprint density at radius 3 is 2.39 bits per heavy atom. The van der Waals surface area contributed by atoms with Crippen LogP contribution >= 0.6 is 11.6 Å². The minimum atomic E-state index is -3.52. The van der Waals surface area contributed by atoms with Gasteiger partial charge in [0.15, 0.2) is 15.6 Å². The highest BCUT2D eigenvalue weighted by atomic mass is 35.5. The molecular weight excluding hydrogens is 342 g/mol. The molecule has 2 rings (SSSR count). The maximum absolute atomic E-state index is 12.0. The van der Waals surface area contributed by atoms with E-state index in [4.69, 9.17) is 11.6 Å². The molecule has 0 radical (unpaired) electrons. The van der Waals surface area contributed by atoms with Gasteiger partial charge >= 0.3 is 5.69 Å². The second kappa shape index (κ2) is 6.80. The molecule has 0 heterocycles. The summed E-state index contributed by atoms with van der Waals surface area (Å²) in [6.07, 6.45) is 1.27. The molecule has 0 saturated carbocycles. The standard InChI is InChI=1S/C15H12ClNO5S/c16-13-4-1-12(2-5-13)10-23(21,22)8-7-11-3-6-14(17(19)20)15(18)9-11/h1-9,18H,10H2/b8-7+. The molecule has 0 aliphatic rings. The Morgan fingerprint density at radius 2 is 1.83 bits per heavy atom. The van der Waals surface area contributed by atoms with Crippen molar-refractivity contribution in [2.75, 3.05) is 0 Å². The first-order valence-electron chi connectivity index (χ1n) is 6.39. The molecule has 2 aromatic rings. The third-order valence-electron chi connectivity index (χ3n) is 2.95. The molecule has 0 bridgehead atoms. The Labute approximate surface area is 137 Å². The van der Waals surface area contributed by atoms with E-state index in [1.165, 1.54) is 12.1 Å². The number of sulfone groups is 1. The van der Waals surface area contributed by atoms with Crippen molar-refractivity contribution in [2.24, 2.45) is 0 Å². The van der Waals surface area contributed by atoms with E-state index < -0.39 is 26.2 Å². The molecule has 23 heavy (non-hydrogen) atoms. The molecule has 0 aliphatic heterocycles. The zero-order chi connectivity index (χ0) is 17.0. The van der Waals surface area contributed by atoms with Crippen LogP contribution in [0, 0.1) is 10.1 Å². The number of nitro benzene ring substituents is 1. The van der Waals surface area contributed by atoms with E-state index in [-0.39, 0.29) is 5.75 Å². The zero-order valence-electron chi connectivity index (χ0n) is 11.7. The van der Waals surface area contributed by atoms with E-state index in [0.717, 1.165) is 17.5 Å². The quantitative estimate of drug-likeness (QED) is 0.654. The average molecular weight is 354 g/mol. The lowest BCUT2D eigenvalue weighted by Crippen LogP contribution is -1.99. The van der Waals surface area contributed by atoms with E-state index in [0.29, 0.717) is 16.1 Å². The Bertz CT molecular complexity index is 860. The fraction of sp³-hybridized carbons (Fsp3) is 0.0667. The molecule has 0 aliphatic carbocycles. The van der Waals surface area contributed by atoms with Gasteiger partial charge in [-0.15, -0.1) is 0 Å². The molecule has 1 N–H and O–H groups in total. The molecule has 0 saturated heterocycles. The van der Waals surface area contributed by atoms with Gasteiger partial charge in [0.2, 0.25) is 0 Å². The molecule has 0 unspecified atom stereocenters. The highest BCUT2D eigenvalue weighted by molar-refractivity contribution is 7.93. The number of phenols is 1. The van der Waals surface area contributed by atoms with Crippen LogP contribution in [-0.2, 0) is 15.6 Å². The van der Waals surface area contributed by atoms with Crippen molar-refractivity contribution in [1.82, 2.24) is 0 Å². The largest absolute Gasteiger partial charge is 0.502 e. The van der Waals surface area contributed by atoms with Crippen LogP contribution in [-0.4, -0.2) is 18.4 Å². The fourth-order valence-electron chi connectivity index (χ4n) is 1.84. The second-order valence-electron chi connectivity index (χ2n) is 4.74. The first-order valence-corrected chi connectivity index (χ1v) is 8.49. The number of halogens is 1. The molecule has 0 spiro atoms. The molecule has 120 valence electrons. The van der Waals surface area contributed by atoms with Gasteiger partial charge in [-0.1, -0.05) is 23.7 Å². The third kappa shape index (κ3) is 4.80. The lowest BCUT2D eigenvalue weighted by Gasteiger charge is -2.01. The van der Waals surface area contributed by atoms with Gasteiger partial charge in [-0.25, -0.2) is 8.42 Å². The van der Waals surface area contributed by atoms with Crippen LogP contribution in [0.5, 0.6) is 5.75 Å². The first-order chi connectivity index (χ1) is 10.8. The summed E-state index contributed by atoms with van der Waals surface area (Å²) in [5.74, 6) is -0.716. The Morgan fingerprint density at radius 1 is 1.17 bits per heavy atom. The molecule has 0 atom stereocenters. The Balaban J connectivity index is 2.16. The first kappa shape index (κ1) is 17.0. The molecular formula is C15H12ClNO5S. The number of rotatable bonds is 5. The molecule has 0 amide bonds. The summed E-state index contributed by atoms with van der Waals surface area (Å²) in [5, 5.41) is 21.6. The van der Waals surface area contributed by atoms with Crippen molar-refractivity contribution in [2.45, 2.75) is 5.75 Å². The van der Waals surface area contributed by atoms with Crippen LogP contribution < -0.4 is 0 Å². The summed E-state index contributed by atoms with van der Waals surface area (Å²) >= 11 is 5.74. The monoisotopic (exact) mass is 353 g/mol. The lowest BCUT2D eigenvalue weighted by atomic mass is 10.2. The van der Waals surface area contributed by atoms with E-state index in [2.05, 4.69) is 0 Å². The number of hydrogen-bond acceptors (Lipinski definition) is 5. The van der Waals surface area contributed by atoms with Crippen molar-refractivity contribution in [3.05, 3.63) is 74.1 Å². The predicted molar refractivity (Wildman–Crippen MR) is 87.9 cm³/mol. The van der Waals surface area contributed by atoms with E-state index in [9.17, 15) is 23.6 Å². The summed E-state index contributed by atoms with van der Waals surface area (Å²) in [4.78, 5) is 9.88. The molecule has 2 aromatic carbocycles. The molecule has 0 aromatic heterocycles. The summed E-state index contributed by atoms with van der Waals surface area (Å²) in [6, 6.07) is 10.0. The maximum Gasteiger partial charge on any atom is 0.310 e. The van der Waals surface area contributed by atoms with E-state index >= 15 is 0 Å². The van der Waals surface area contributed by atoms with Crippen molar-refractivity contribution in [1.29, 1.82) is 0 Å². The number of hydrogen-bond donors (Lipinski definition) is 1. The summed E-state index contributed by atoms with van der Waals surface area (Å²) in [7, 11) is -3.52. The van der Waals surface area contributed by atoms with Crippen LogP contribution in [0.1, 0.15) is 11.1 Å². The van der Waals surface area contributed by atoms with Crippen molar-refractivity contribution < 1.29 is 18.4 Å². The number of nitrogens with zero attached hydrogens (tertiary/aromatic N) is 1. The minimum Gasteiger partial charge on any atom is -0.502 e. The maximum atomic E-state index is 12.0. The molecule has 8 heteroatoms. The highest BCUT2D eigenvalue weighted by Crippen LogP contribution is 2.27. The van der Waals surface area contributed by atoms with Gasteiger partial charge in [-0.3, -0.25) is 10.1 Å². The average Bonchev–Trinajstić information content (AvgIpc) is 2.47. The fourth-order valence-corrected chi connectivity index (χ4v) is 3.09. The van der Waals surface area contributed by atoms with Crippen LogP contribution in [0.25, 0.3) is 6.08 Å². The summed E-state index contributed by atoms with van der Waals surface area (Å²) in [6.45, 7) is 0. The highest BCUT2D eigenvalue weighted by Gasteiger charge is 2.13. The van der Waals surface area contributed by atoms with Crippen LogP contribution in [0.15, 0.2) is 47.9 Å². The van der Waals surface area contributed by atoms with Crippen molar-refractivity contribution >= 4 is 33.2 Å². The van der Waals surface area contributed by atoms with E-state index in [1.807, 2.05) is 0 Å². The van der Waals surface area contributed by atoms with Gasteiger partial charge in [0.05, 0.1) is 10.7 Å². The van der Waals surface area contributed by atoms with Crippen molar-refractivity contribution in [3.8, 4) is 5.75 Å². The van der Waals surface area contributed by atoms with Crippen molar-refractivity contribution in [3.63, 3.8) is 0 Å². The number of nitro groups is 1. The topological polar surface area (TPSA) is 97.5 Å². The van der Waals surface area contributed by atoms with Crippen LogP contribution in [0.3, 0.4) is 0 Å². The Hall–Kier alpha value is -2.38. The van der Waals surface area contributed by atoms with Gasteiger partial charge in [0.25, 0.3) is 0 Å². The minimum absolute atomic E-state index is 0.195. The smallest absolute Gasteiger partial charge is 0.310 e.